The lowest BCUT2D eigenvalue weighted by Crippen LogP contribution is -2.46. The summed E-state index contributed by atoms with van der Waals surface area (Å²) in [6, 6.07) is 14.4. The molecule has 2 bridgehead atoms. The van der Waals surface area contributed by atoms with Gasteiger partial charge < -0.3 is 5.32 Å². The highest BCUT2D eigenvalue weighted by Crippen LogP contribution is 2.44. The topological polar surface area (TPSA) is 66.5 Å². The van der Waals surface area contributed by atoms with Crippen LogP contribution in [0, 0.1) is 18.8 Å². The molecule has 1 N–H and O–H groups in total. The molecule has 0 saturated heterocycles. The fourth-order valence-corrected chi connectivity index (χ4v) is 6.28. The van der Waals surface area contributed by atoms with Crippen LogP contribution in [0.4, 0.5) is 5.69 Å². The lowest BCUT2D eigenvalue weighted by atomic mass is 9.95. The first kappa shape index (κ1) is 20.9. The highest BCUT2D eigenvalue weighted by molar-refractivity contribution is 7.92. The lowest BCUT2D eigenvalue weighted by Gasteiger charge is -2.27. The summed E-state index contributed by atoms with van der Waals surface area (Å²) in [5.41, 5.74) is 2.62. The Morgan fingerprint density at radius 1 is 1.03 bits per heavy atom. The summed E-state index contributed by atoms with van der Waals surface area (Å²) in [5.74, 6) is 1.03. The van der Waals surface area contributed by atoms with Gasteiger partial charge >= 0.3 is 0 Å². The SMILES string of the molecule is CCc1ccc(N(CC(=O)N[C@H]2C[C@@H]3CC[C@H]2C3)S(=O)(=O)c2ccc(C)cc2)cc1. The molecular weight excluding hydrogens is 396 g/mol. The Bertz CT molecular complexity index is 1000. The normalized spacial score (nSPS) is 22.8. The van der Waals surface area contributed by atoms with Crippen molar-refractivity contribution in [2.24, 2.45) is 11.8 Å². The fourth-order valence-electron chi connectivity index (χ4n) is 4.85. The highest BCUT2D eigenvalue weighted by Gasteiger charge is 2.40. The van der Waals surface area contributed by atoms with Crippen molar-refractivity contribution >= 4 is 21.6 Å². The van der Waals surface area contributed by atoms with Crippen LogP contribution in [-0.4, -0.2) is 26.9 Å². The van der Waals surface area contributed by atoms with Gasteiger partial charge in [-0.05, 0) is 74.3 Å². The molecule has 2 fully saturated rings. The molecule has 2 aromatic rings. The van der Waals surface area contributed by atoms with Crippen molar-refractivity contribution < 1.29 is 13.2 Å². The first-order valence-corrected chi connectivity index (χ1v) is 12.3. The van der Waals surface area contributed by atoms with Crippen LogP contribution in [-0.2, 0) is 21.2 Å². The standard InChI is InChI=1S/C24H30N2O3S/c1-3-18-7-10-21(11-8-18)26(30(28,29)22-12-4-17(2)5-13-22)16-24(27)25-23-15-19-6-9-20(23)14-19/h4-5,7-8,10-13,19-20,23H,3,6,9,14-16H2,1-2H3,(H,25,27)/t19-,20+,23+/m1/s1. The maximum absolute atomic E-state index is 13.4. The number of hydrogen-bond acceptors (Lipinski definition) is 3. The van der Waals surface area contributed by atoms with Crippen molar-refractivity contribution in [3.63, 3.8) is 0 Å². The summed E-state index contributed by atoms with van der Waals surface area (Å²) < 4.78 is 28.1. The zero-order valence-corrected chi connectivity index (χ0v) is 18.5. The van der Waals surface area contributed by atoms with Crippen LogP contribution in [0.5, 0.6) is 0 Å². The fraction of sp³-hybridized carbons (Fsp3) is 0.458. The molecule has 0 spiro atoms. The third-order valence-corrected chi connectivity index (χ3v) is 8.40. The number of amides is 1. The van der Waals surface area contributed by atoms with Crippen molar-refractivity contribution in [2.45, 2.75) is 56.9 Å². The third kappa shape index (κ3) is 4.24. The predicted octanol–water partition coefficient (Wildman–Crippen LogP) is 4.06. The number of benzene rings is 2. The molecule has 1 amide bonds. The summed E-state index contributed by atoms with van der Waals surface area (Å²) in [4.78, 5) is 13.1. The maximum Gasteiger partial charge on any atom is 0.264 e. The Morgan fingerprint density at radius 2 is 1.73 bits per heavy atom. The first-order valence-electron chi connectivity index (χ1n) is 10.8. The van der Waals surface area contributed by atoms with E-state index >= 15 is 0 Å². The van der Waals surface area contributed by atoms with Gasteiger partial charge in [-0.25, -0.2) is 8.42 Å². The molecule has 160 valence electrons. The predicted molar refractivity (Wildman–Crippen MR) is 119 cm³/mol. The highest BCUT2D eigenvalue weighted by atomic mass is 32.2. The summed E-state index contributed by atoms with van der Waals surface area (Å²) >= 11 is 0. The molecule has 0 aromatic heterocycles. The maximum atomic E-state index is 13.4. The van der Waals surface area contributed by atoms with Gasteiger partial charge in [0.15, 0.2) is 0 Å². The van der Waals surface area contributed by atoms with Gasteiger partial charge in [-0.3, -0.25) is 9.10 Å². The minimum absolute atomic E-state index is 0.183. The molecular formula is C24H30N2O3S. The molecule has 6 heteroatoms. The Balaban J connectivity index is 1.59. The molecule has 2 saturated carbocycles. The number of nitrogens with one attached hydrogen (secondary N) is 1. The van der Waals surface area contributed by atoms with E-state index in [-0.39, 0.29) is 23.4 Å². The number of anilines is 1. The van der Waals surface area contributed by atoms with Crippen molar-refractivity contribution in [1.29, 1.82) is 0 Å². The van der Waals surface area contributed by atoms with Gasteiger partial charge in [-0.15, -0.1) is 0 Å². The average Bonchev–Trinajstić information content (AvgIpc) is 3.35. The zero-order chi connectivity index (χ0) is 21.3. The van der Waals surface area contributed by atoms with E-state index < -0.39 is 10.0 Å². The molecule has 2 aliphatic carbocycles. The van der Waals surface area contributed by atoms with E-state index in [4.69, 9.17) is 0 Å². The summed E-state index contributed by atoms with van der Waals surface area (Å²) in [6.45, 7) is 3.76. The van der Waals surface area contributed by atoms with Crippen LogP contribution >= 0.6 is 0 Å². The number of hydrogen-bond donors (Lipinski definition) is 1. The first-order chi connectivity index (χ1) is 14.4. The Labute approximate surface area is 179 Å². The Kier molecular flexibility index (Phi) is 5.87. The van der Waals surface area contributed by atoms with Crippen molar-refractivity contribution in [2.75, 3.05) is 10.8 Å². The molecule has 2 aliphatic rings. The molecule has 5 nitrogen and oxygen atoms in total. The number of fused-ring (bicyclic) bond motifs is 2. The van der Waals surface area contributed by atoms with Gasteiger partial charge in [0.05, 0.1) is 10.6 Å². The summed E-state index contributed by atoms with van der Waals surface area (Å²) in [5, 5.41) is 3.12. The molecule has 3 atom stereocenters. The molecule has 0 aliphatic heterocycles. The number of aryl methyl sites for hydroxylation is 2. The lowest BCUT2D eigenvalue weighted by molar-refractivity contribution is -0.120. The van der Waals surface area contributed by atoms with Crippen LogP contribution in [0.2, 0.25) is 0 Å². The number of rotatable bonds is 7. The van der Waals surface area contributed by atoms with Gasteiger partial charge in [0, 0.05) is 6.04 Å². The van der Waals surface area contributed by atoms with E-state index in [1.165, 1.54) is 23.6 Å². The molecule has 0 heterocycles. The minimum Gasteiger partial charge on any atom is -0.352 e. The smallest absolute Gasteiger partial charge is 0.264 e. The molecule has 0 radical (unpaired) electrons. The minimum atomic E-state index is -3.86. The second-order valence-corrected chi connectivity index (χ2v) is 10.6. The number of carbonyl (C=O) groups is 1. The Morgan fingerprint density at radius 3 is 2.30 bits per heavy atom. The van der Waals surface area contributed by atoms with Crippen molar-refractivity contribution in [1.82, 2.24) is 5.32 Å². The third-order valence-electron chi connectivity index (χ3n) is 6.61. The van der Waals surface area contributed by atoms with Crippen LogP contribution in [0.3, 0.4) is 0 Å². The van der Waals surface area contributed by atoms with Gasteiger partial charge in [0.1, 0.15) is 6.54 Å². The monoisotopic (exact) mass is 426 g/mol. The van der Waals surface area contributed by atoms with Gasteiger partial charge in [0.25, 0.3) is 10.0 Å². The van der Waals surface area contributed by atoms with Gasteiger partial charge in [0.2, 0.25) is 5.91 Å². The molecule has 0 unspecified atom stereocenters. The summed E-state index contributed by atoms with van der Waals surface area (Å²) in [7, 11) is -3.86. The van der Waals surface area contributed by atoms with E-state index in [0.717, 1.165) is 24.0 Å². The largest absolute Gasteiger partial charge is 0.352 e. The van der Waals surface area contributed by atoms with Crippen LogP contribution < -0.4 is 9.62 Å². The number of sulfonamides is 1. The van der Waals surface area contributed by atoms with E-state index in [0.29, 0.717) is 17.5 Å². The van der Waals surface area contributed by atoms with Crippen molar-refractivity contribution in [3.05, 3.63) is 59.7 Å². The average molecular weight is 427 g/mol. The van der Waals surface area contributed by atoms with E-state index in [2.05, 4.69) is 12.2 Å². The van der Waals surface area contributed by atoms with Crippen molar-refractivity contribution in [3.8, 4) is 0 Å². The van der Waals surface area contributed by atoms with Crippen LogP contribution in [0.25, 0.3) is 0 Å². The van der Waals surface area contributed by atoms with E-state index in [1.54, 1.807) is 36.4 Å². The van der Waals surface area contributed by atoms with Crippen LogP contribution in [0.15, 0.2) is 53.4 Å². The van der Waals surface area contributed by atoms with E-state index in [1.807, 2.05) is 19.1 Å². The zero-order valence-electron chi connectivity index (χ0n) is 17.7. The number of carbonyl (C=O) groups excluding carboxylic acids is 1. The molecule has 2 aromatic carbocycles. The van der Waals surface area contributed by atoms with Gasteiger partial charge in [-0.1, -0.05) is 43.2 Å². The van der Waals surface area contributed by atoms with E-state index in [9.17, 15) is 13.2 Å². The molecule has 30 heavy (non-hydrogen) atoms. The summed E-state index contributed by atoms with van der Waals surface area (Å²) in [6.07, 6.45) is 5.51. The second-order valence-electron chi connectivity index (χ2n) is 8.69. The number of nitrogens with zero attached hydrogens (tertiary/aromatic N) is 1. The molecule has 4 rings (SSSR count). The Hall–Kier alpha value is -2.34. The van der Waals surface area contributed by atoms with Gasteiger partial charge in [-0.2, -0.15) is 0 Å². The quantitative estimate of drug-likeness (QED) is 0.726. The van der Waals surface area contributed by atoms with Crippen LogP contribution in [0.1, 0.15) is 43.7 Å². The second kappa shape index (κ2) is 8.42.